The Morgan fingerprint density at radius 2 is 1.60 bits per heavy atom. The minimum absolute atomic E-state index is 0.152. The fourth-order valence-electron chi connectivity index (χ4n) is 4.27. The summed E-state index contributed by atoms with van der Waals surface area (Å²) in [5, 5.41) is 2.36. The van der Waals surface area contributed by atoms with Gasteiger partial charge in [-0.25, -0.2) is 8.42 Å². The van der Waals surface area contributed by atoms with Crippen LogP contribution in [0.4, 0.5) is 18.9 Å². The molecule has 0 aromatic heterocycles. The maximum Gasteiger partial charge on any atom is 0.417 e. The Labute approximate surface area is 253 Å². The summed E-state index contributed by atoms with van der Waals surface area (Å²) in [5.74, 6) is -1.30. The number of halogens is 5. The van der Waals surface area contributed by atoms with Crippen LogP contribution in [0.25, 0.3) is 0 Å². The summed E-state index contributed by atoms with van der Waals surface area (Å²) >= 11 is 12.1. The van der Waals surface area contributed by atoms with Crippen LogP contribution in [0.3, 0.4) is 0 Å². The van der Waals surface area contributed by atoms with Gasteiger partial charge in [-0.3, -0.25) is 13.9 Å². The van der Waals surface area contributed by atoms with Gasteiger partial charge in [-0.2, -0.15) is 13.2 Å². The third-order valence-corrected chi connectivity index (χ3v) is 8.95. The normalized spacial score (nSPS) is 12.5. The van der Waals surface area contributed by atoms with Gasteiger partial charge in [0.1, 0.15) is 12.6 Å². The highest BCUT2D eigenvalue weighted by atomic mass is 35.5. The van der Waals surface area contributed by atoms with E-state index in [1.165, 1.54) is 29.2 Å². The van der Waals surface area contributed by atoms with Gasteiger partial charge >= 0.3 is 6.18 Å². The SMILES string of the molecule is CCNC(=O)C(CC)N(Cc1ccccc1Cl)C(=O)CN(c1ccc(Cl)c(C(F)(F)F)c1)S(=O)(=O)c1ccc(C)cc1. The number of sulfonamides is 1. The highest BCUT2D eigenvalue weighted by Crippen LogP contribution is 2.38. The van der Waals surface area contributed by atoms with E-state index in [1.54, 1.807) is 45.0 Å². The number of anilines is 1. The lowest BCUT2D eigenvalue weighted by Gasteiger charge is -2.33. The Morgan fingerprint density at radius 1 is 0.952 bits per heavy atom. The Hall–Kier alpha value is -3.28. The van der Waals surface area contributed by atoms with Crippen molar-refractivity contribution in [3.8, 4) is 0 Å². The molecule has 3 rings (SSSR count). The molecule has 0 spiro atoms. The molecule has 3 aromatic rings. The van der Waals surface area contributed by atoms with Gasteiger partial charge in [0.2, 0.25) is 11.8 Å². The third-order valence-electron chi connectivity index (χ3n) is 6.47. The number of nitrogens with zero attached hydrogens (tertiary/aromatic N) is 2. The van der Waals surface area contributed by atoms with Crippen LogP contribution >= 0.6 is 23.2 Å². The van der Waals surface area contributed by atoms with Gasteiger partial charge in [0.25, 0.3) is 10.0 Å². The average molecular weight is 645 g/mol. The van der Waals surface area contributed by atoms with E-state index < -0.39 is 56.9 Å². The molecular formula is C29H30Cl2F3N3O4S. The predicted molar refractivity (Wildman–Crippen MR) is 157 cm³/mol. The molecule has 0 aliphatic heterocycles. The second kappa shape index (κ2) is 13.8. The van der Waals surface area contributed by atoms with E-state index in [0.29, 0.717) is 21.0 Å². The first-order valence-electron chi connectivity index (χ1n) is 13.0. The molecule has 0 saturated carbocycles. The first kappa shape index (κ1) is 33.2. The molecule has 1 N–H and O–H groups in total. The van der Waals surface area contributed by atoms with Crippen LogP contribution in [0.2, 0.25) is 10.0 Å². The number of hydrogen-bond acceptors (Lipinski definition) is 4. The Morgan fingerprint density at radius 3 is 2.17 bits per heavy atom. The number of nitrogens with one attached hydrogen (secondary N) is 1. The highest BCUT2D eigenvalue weighted by molar-refractivity contribution is 7.92. The summed E-state index contributed by atoms with van der Waals surface area (Å²) < 4.78 is 69.6. The monoisotopic (exact) mass is 643 g/mol. The van der Waals surface area contributed by atoms with Crippen molar-refractivity contribution in [1.82, 2.24) is 10.2 Å². The lowest BCUT2D eigenvalue weighted by molar-refractivity contribution is -0.140. The van der Waals surface area contributed by atoms with Crippen LogP contribution in [0.15, 0.2) is 71.6 Å². The molecule has 1 atom stereocenters. The number of rotatable bonds is 11. The lowest BCUT2D eigenvalue weighted by Crippen LogP contribution is -2.52. The number of aryl methyl sites for hydroxylation is 1. The highest BCUT2D eigenvalue weighted by Gasteiger charge is 2.37. The zero-order valence-electron chi connectivity index (χ0n) is 23.1. The van der Waals surface area contributed by atoms with Gasteiger partial charge in [-0.05, 0) is 62.2 Å². The molecule has 226 valence electrons. The summed E-state index contributed by atoms with van der Waals surface area (Å²) in [5.41, 5.74) is -0.445. The topological polar surface area (TPSA) is 86.8 Å². The molecule has 7 nitrogen and oxygen atoms in total. The summed E-state index contributed by atoms with van der Waals surface area (Å²) in [4.78, 5) is 27.9. The van der Waals surface area contributed by atoms with Crippen molar-refractivity contribution >= 4 is 50.7 Å². The number of likely N-dealkylation sites (N-methyl/N-ethyl adjacent to an activating group) is 1. The zero-order valence-corrected chi connectivity index (χ0v) is 25.4. The van der Waals surface area contributed by atoms with Crippen molar-refractivity contribution in [2.24, 2.45) is 0 Å². The number of carbonyl (C=O) groups is 2. The smallest absolute Gasteiger partial charge is 0.355 e. The minimum Gasteiger partial charge on any atom is -0.355 e. The van der Waals surface area contributed by atoms with Gasteiger partial charge in [0.05, 0.1) is 21.2 Å². The van der Waals surface area contributed by atoms with E-state index in [4.69, 9.17) is 23.2 Å². The van der Waals surface area contributed by atoms with E-state index in [0.717, 1.165) is 17.7 Å². The van der Waals surface area contributed by atoms with Crippen molar-refractivity contribution < 1.29 is 31.2 Å². The summed E-state index contributed by atoms with van der Waals surface area (Å²) in [6.07, 6.45) is -4.72. The van der Waals surface area contributed by atoms with Crippen molar-refractivity contribution in [2.45, 2.75) is 50.9 Å². The van der Waals surface area contributed by atoms with Crippen LogP contribution in [0, 0.1) is 6.92 Å². The van der Waals surface area contributed by atoms with E-state index in [1.807, 2.05) is 0 Å². The fraction of sp³-hybridized carbons (Fsp3) is 0.310. The molecule has 13 heteroatoms. The Balaban J connectivity index is 2.16. The Bertz CT molecular complexity index is 1530. The molecule has 3 aromatic carbocycles. The third kappa shape index (κ3) is 7.76. The number of alkyl halides is 3. The number of hydrogen-bond donors (Lipinski definition) is 1. The van der Waals surface area contributed by atoms with Crippen molar-refractivity contribution in [1.29, 1.82) is 0 Å². The standard InChI is InChI=1S/C29H30Cl2F3N3O4S/c1-4-26(28(39)35-5-2)36(17-20-8-6-7-9-24(20)30)27(38)18-37(42(40,41)22-13-10-19(3)11-14-22)21-12-15-25(31)23(16-21)29(32,33)34/h6-16,26H,4-5,17-18H2,1-3H3,(H,35,39). The predicted octanol–water partition coefficient (Wildman–Crippen LogP) is 6.46. The number of carbonyl (C=O) groups excluding carboxylic acids is 2. The van der Waals surface area contributed by atoms with Crippen LogP contribution in [-0.4, -0.2) is 44.3 Å². The summed E-state index contributed by atoms with van der Waals surface area (Å²) in [6, 6.07) is 13.9. The van der Waals surface area contributed by atoms with Gasteiger partial charge in [0, 0.05) is 18.1 Å². The average Bonchev–Trinajstić information content (AvgIpc) is 2.92. The van der Waals surface area contributed by atoms with Crippen LogP contribution in [-0.2, 0) is 32.3 Å². The first-order chi connectivity index (χ1) is 19.7. The van der Waals surface area contributed by atoms with Crippen molar-refractivity contribution in [3.05, 3.63) is 93.5 Å². The molecule has 0 bridgehead atoms. The fourth-order valence-corrected chi connectivity index (χ4v) is 6.10. The number of benzene rings is 3. The van der Waals surface area contributed by atoms with E-state index in [9.17, 15) is 31.2 Å². The van der Waals surface area contributed by atoms with E-state index in [2.05, 4.69) is 5.32 Å². The first-order valence-corrected chi connectivity index (χ1v) is 15.2. The molecule has 0 aliphatic carbocycles. The molecule has 0 saturated heterocycles. The maximum atomic E-state index is 14.0. The summed E-state index contributed by atoms with van der Waals surface area (Å²) in [7, 11) is -4.57. The van der Waals surface area contributed by atoms with E-state index >= 15 is 0 Å². The quantitative estimate of drug-likeness (QED) is 0.260. The van der Waals surface area contributed by atoms with Gasteiger partial charge in [-0.1, -0.05) is 66.0 Å². The molecular weight excluding hydrogens is 614 g/mol. The second-order valence-electron chi connectivity index (χ2n) is 9.42. The molecule has 2 amide bonds. The van der Waals surface area contributed by atoms with Gasteiger partial charge in [-0.15, -0.1) is 0 Å². The second-order valence-corrected chi connectivity index (χ2v) is 12.1. The van der Waals surface area contributed by atoms with Gasteiger partial charge in [0.15, 0.2) is 0 Å². The van der Waals surface area contributed by atoms with Crippen LogP contribution in [0.1, 0.15) is 37.0 Å². The maximum absolute atomic E-state index is 14.0. The molecule has 0 aliphatic rings. The zero-order chi connectivity index (χ0) is 31.2. The minimum atomic E-state index is -4.89. The molecule has 42 heavy (non-hydrogen) atoms. The molecule has 1 unspecified atom stereocenters. The molecule has 0 fully saturated rings. The number of amides is 2. The van der Waals surface area contributed by atoms with E-state index in [-0.39, 0.29) is 24.4 Å². The molecule has 0 radical (unpaired) electrons. The lowest BCUT2D eigenvalue weighted by atomic mass is 10.1. The van der Waals surface area contributed by atoms with Crippen LogP contribution < -0.4 is 9.62 Å². The van der Waals surface area contributed by atoms with Gasteiger partial charge < -0.3 is 10.2 Å². The summed E-state index contributed by atoms with van der Waals surface area (Å²) in [6.45, 7) is 4.35. The van der Waals surface area contributed by atoms with Crippen LogP contribution in [0.5, 0.6) is 0 Å². The van der Waals surface area contributed by atoms with Crippen molar-refractivity contribution in [2.75, 3.05) is 17.4 Å². The largest absolute Gasteiger partial charge is 0.417 e. The van der Waals surface area contributed by atoms with Crippen molar-refractivity contribution in [3.63, 3.8) is 0 Å². The Kier molecular flexibility index (Phi) is 10.9. The molecule has 0 heterocycles.